The number of fused-ring (bicyclic) bond motifs is 1. The molecule has 1 atom stereocenters. The van der Waals surface area contributed by atoms with Gasteiger partial charge in [0.25, 0.3) is 5.91 Å². The molecule has 21 heavy (non-hydrogen) atoms. The Balaban J connectivity index is 2.31. The van der Waals surface area contributed by atoms with Crippen molar-refractivity contribution in [1.29, 1.82) is 0 Å². The second-order valence-electron chi connectivity index (χ2n) is 5.22. The molecule has 5 nitrogen and oxygen atoms in total. The Bertz CT molecular complexity index is 552. The third-order valence-electron chi connectivity index (χ3n) is 3.73. The second-order valence-corrected chi connectivity index (χ2v) is 5.22. The lowest BCUT2D eigenvalue weighted by Gasteiger charge is -2.34. The molecule has 114 valence electrons. The molecular formula is C16H22N2O3. The maximum atomic E-state index is 12.4. The summed E-state index contributed by atoms with van der Waals surface area (Å²) in [7, 11) is 0. The smallest absolute Gasteiger partial charge is 0.268 e. The van der Waals surface area contributed by atoms with Crippen molar-refractivity contribution in [2.45, 2.75) is 33.8 Å². The maximum absolute atomic E-state index is 12.4. The molecule has 1 aliphatic rings. The summed E-state index contributed by atoms with van der Waals surface area (Å²) in [5.74, 6) is 0.434. The van der Waals surface area contributed by atoms with Crippen LogP contribution in [0.15, 0.2) is 18.2 Å². The number of amides is 2. The van der Waals surface area contributed by atoms with E-state index in [9.17, 15) is 9.59 Å². The molecule has 1 heterocycles. The topological polar surface area (TPSA) is 49.9 Å². The summed E-state index contributed by atoms with van der Waals surface area (Å²) in [4.78, 5) is 27.9. The van der Waals surface area contributed by atoms with Crippen molar-refractivity contribution in [2.75, 3.05) is 24.5 Å². The fraction of sp³-hybridized carbons (Fsp3) is 0.500. The largest absolute Gasteiger partial charge is 0.479 e. The molecule has 0 fully saturated rings. The molecule has 1 aliphatic heterocycles. The van der Waals surface area contributed by atoms with Crippen LogP contribution in [0.25, 0.3) is 0 Å². The molecule has 0 aliphatic carbocycles. The molecule has 0 spiro atoms. The number of ether oxygens (including phenoxy) is 1. The van der Waals surface area contributed by atoms with Gasteiger partial charge in [0.2, 0.25) is 5.91 Å². The van der Waals surface area contributed by atoms with E-state index in [2.05, 4.69) is 0 Å². The minimum Gasteiger partial charge on any atom is -0.479 e. The summed E-state index contributed by atoms with van der Waals surface area (Å²) in [5, 5.41) is 0. The molecule has 1 aromatic carbocycles. The Morgan fingerprint density at radius 1 is 1.33 bits per heavy atom. The van der Waals surface area contributed by atoms with Gasteiger partial charge in [-0.3, -0.25) is 14.5 Å². The first-order chi connectivity index (χ1) is 9.97. The lowest BCUT2D eigenvalue weighted by atomic mass is 10.1. The third kappa shape index (κ3) is 3.01. The van der Waals surface area contributed by atoms with Crippen LogP contribution in [0.1, 0.15) is 26.3 Å². The van der Waals surface area contributed by atoms with E-state index in [-0.39, 0.29) is 18.4 Å². The van der Waals surface area contributed by atoms with Crippen molar-refractivity contribution >= 4 is 17.5 Å². The number of carbonyl (C=O) groups excluding carboxylic acids is 2. The van der Waals surface area contributed by atoms with Gasteiger partial charge in [0.15, 0.2) is 6.10 Å². The Hall–Kier alpha value is -2.04. The summed E-state index contributed by atoms with van der Waals surface area (Å²) in [5.41, 5.74) is 1.71. The molecule has 1 aromatic rings. The summed E-state index contributed by atoms with van der Waals surface area (Å²) in [6, 6.07) is 5.67. The summed E-state index contributed by atoms with van der Waals surface area (Å²) >= 11 is 0. The van der Waals surface area contributed by atoms with Crippen LogP contribution in [0.4, 0.5) is 5.69 Å². The lowest BCUT2D eigenvalue weighted by molar-refractivity contribution is -0.132. The lowest BCUT2D eigenvalue weighted by Crippen LogP contribution is -2.49. The van der Waals surface area contributed by atoms with Gasteiger partial charge >= 0.3 is 0 Å². The van der Waals surface area contributed by atoms with Crippen molar-refractivity contribution in [3.05, 3.63) is 23.8 Å². The number of nitrogens with zero attached hydrogens (tertiary/aromatic N) is 2. The Labute approximate surface area is 125 Å². The van der Waals surface area contributed by atoms with Crippen LogP contribution >= 0.6 is 0 Å². The highest BCUT2D eigenvalue weighted by Crippen LogP contribution is 2.34. The van der Waals surface area contributed by atoms with E-state index in [1.807, 2.05) is 39.0 Å². The SMILES string of the molecule is CCN(CC)C(=O)CN1C(=O)[C@@H](C)Oc2ccc(C)cc21. The average Bonchev–Trinajstić information content (AvgIpc) is 2.46. The van der Waals surface area contributed by atoms with Gasteiger partial charge in [-0.15, -0.1) is 0 Å². The van der Waals surface area contributed by atoms with E-state index in [4.69, 9.17) is 4.74 Å². The van der Waals surface area contributed by atoms with Crippen molar-refractivity contribution in [3.63, 3.8) is 0 Å². The van der Waals surface area contributed by atoms with Crippen molar-refractivity contribution in [1.82, 2.24) is 4.90 Å². The normalized spacial score (nSPS) is 17.2. The molecular weight excluding hydrogens is 268 g/mol. The number of hydrogen-bond donors (Lipinski definition) is 0. The summed E-state index contributed by atoms with van der Waals surface area (Å²) in [6.45, 7) is 8.87. The van der Waals surface area contributed by atoms with E-state index in [0.717, 1.165) is 5.56 Å². The number of likely N-dealkylation sites (N-methyl/N-ethyl adjacent to an activating group) is 1. The number of rotatable bonds is 4. The van der Waals surface area contributed by atoms with Crippen molar-refractivity contribution < 1.29 is 14.3 Å². The molecule has 0 radical (unpaired) electrons. The molecule has 0 N–H and O–H groups in total. The van der Waals surface area contributed by atoms with E-state index >= 15 is 0 Å². The first-order valence-electron chi connectivity index (χ1n) is 7.34. The Morgan fingerprint density at radius 3 is 2.62 bits per heavy atom. The molecule has 0 unspecified atom stereocenters. The van der Waals surface area contributed by atoms with E-state index < -0.39 is 6.10 Å². The number of benzene rings is 1. The average molecular weight is 290 g/mol. The van der Waals surface area contributed by atoms with Crippen molar-refractivity contribution in [3.8, 4) is 5.75 Å². The summed E-state index contributed by atoms with van der Waals surface area (Å²) in [6.07, 6.45) is -0.565. The number of carbonyl (C=O) groups is 2. The predicted molar refractivity (Wildman–Crippen MR) is 81.6 cm³/mol. The first-order valence-corrected chi connectivity index (χ1v) is 7.34. The van der Waals surface area contributed by atoms with Crippen LogP contribution in [0.5, 0.6) is 5.75 Å². The van der Waals surface area contributed by atoms with Crippen LogP contribution in [-0.2, 0) is 9.59 Å². The van der Waals surface area contributed by atoms with Crippen LogP contribution in [0.2, 0.25) is 0 Å². The third-order valence-corrected chi connectivity index (χ3v) is 3.73. The zero-order valence-electron chi connectivity index (χ0n) is 13.0. The predicted octanol–water partition coefficient (Wildman–Crippen LogP) is 1.98. The van der Waals surface area contributed by atoms with Gasteiger partial charge < -0.3 is 9.64 Å². The first kappa shape index (κ1) is 15.4. The molecule has 2 rings (SSSR count). The van der Waals surface area contributed by atoms with Gasteiger partial charge in [0.05, 0.1) is 5.69 Å². The minimum absolute atomic E-state index is 0.0464. The fourth-order valence-corrected chi connectivity index (χ4v) is 2.49. The monoisotopic (exact) mass is 290 g/mol. The number of anilines is 1. The standard InChI is InChI=1S/C16H22N2O3/c1-5-17(6-2)15(19)10-18-13-9-11(3)7-8-14(13)21-12(4)16(18)20/h7-9,12H,5-6,10H2,1-4H3/t12-/m1/s1. The molecule has 0 saturated heterocycles. The quantitative estimate of drug-likeness (QED) is 0.852. The highest BCUT2D eigenvalue weighted by atomic mass is 16.5. The van der Waals surface area contributed by atoms with Crippen LogP contribution < -0.4 is 9.64 Å². The number of aryl methyl sites for hydroxylation is 1. The Morgan fingerprint density at radius 2 is 2.00 bits per heavy atom. The second kappa shape index (κ2) is 6.16. The van der Waals surface area contributed by atoms with Gasteiger partial charge in [0, 0.05) is 13.1 Å². The van der Waals surface area contributed by atoms with Crippen LogP contribution in [0, 0.1) is 6.92 Å². The van der Waals surface area contributed by atoms with Crippen molar-refractivity contribution in [2.24, 2.45) is 0 Å². The molecule has 2 amide bonds. The molecule has 0 saturated carbocycles. The van der Waals surface area contributed by atoms with Crippen LogP contribution in [-0.4, -0.2) is 42.5 Å². The highest BCUT2D eigenvalue weighted by Gasteiger charge is 2.33. The zero-order chi connectivity index (χ0) is 15.6. The zero-order valence-corrected chi connectivity index (χ0v) is 13.0. The Kier molecular flexibility index (Phi) is 4.50. The van der Waals surface area contributed by atoms with Gasteiger partial charge in [-0.2, -0.15) is 0 Å². The highest BCUT2D eigenvalue weighted by molar-refractivity contribution is 6.03. The van der Waals surface area contributed by atoms with E-state index in [0.29, 0.717) is 24.5 Å². The molecule has 0 aromatic heterocycles. The minimum atomic E-state index is -0.565. The number of hydrogen-bond acceptors (Lipinski definition) is 3. The van der Waals surface area contributed by atoms with E-state index in [1.165, 1.54) is 4.90 Å². The summed E-state index contributed by atoms with van der Waals surface area (Å²) < 4.78 is 5.61. The van der Waals surface area contributed by atoms with Gasteiger partial charge in [-0.25, -0.2) is 0 Å². The molecule has 5 heteroatoms. The van der Waals surface area contributed by atoms with Crippen LogP contribution in [0.3, 0.4) is 0 Å². The van der Waals surface area contributed by atoms with Gasteiger partial charge in [-0.05, 0) is 45.4 Å². The molecule has 0 bridgehead atoms. The fourth-order valence-electron chi connectivity index (χ4n) is 2.49. The van der Waals surface area contributed by atoms with E-state index in [1.54, 1.807) is 11.8 Å². The maximum Gasteiger partial charge on any atom is 0.268 e. The van der Waals surface area contributed by atoms with Gasteiger partial charge in [0.1, 0.15) is 12.3 Å². The van der Waals surface area contributed by atoms with Gasteiger partial charge in [-0.1, -0.05) is 6.07 Å².